The van der Waals surface area contributed by atoms with Crippen LogP contribution in [0.2, 0.25) is 5.02 Å². The van der Waals surface area contributed by atoms with Gasteiger partial charge in [0, 0.05) is 24.1 Å². The van der Waals surface area contributed by atoms with Crippen molar-refractivity contribution in [3.05, 3.63) is 46.6 Å². The minimum atomic E-state index is -5.08. The number of aryl methyl sites for hydroxylation is 1. The number of carboxylic acids is 1. The number of H-pyrrole nitrogens is 1. The van der Waals surface area contributed by atoms with Crippen molar-refractivity contribution in [2.75, 3.05) is 13.6 Å². The van der Waals surface area contributed by atoms with Crippen molar-refractivity contribution in [3.63, 3.8) is 0 Å². The Kier molecular flexibility index (Phi) is 7.03. The van der Waals surface area contributed by atoms with E-state index in [1.807, 2.05) is 31.2 Å². The number of nitrogens with one attached hydrogen (secondary N) is 1. The SMILES string of the molecule is Cc1cc(CCN(C)Cc2nc3ccc(Cl)cc3[nH]2)on1.O=C(O)C(F)(F)F. The van der Waals surface area contributed by atoms with Gasteiger partial charge in [0.15, 0.2) is 0 Å². The van der Waals surface area contributed by atoms with E-state index in [4.69, 9.17) is 26.0 Å². The van der Waals surface area contributed by atoms with Crippen LogP contribution in [0.1, 0.15) is 17.3 Å². The predicted octanol–water partition coefficient (Wildman–Crippen LogP) is 3.82. The van der Waals surface area contributed by atoms with Crippen molar-refractivity contribution >= 4 is 28.6 Å². The van der Waals surface area contributed by atoms with Crippen LogP contribution in [-0.2, 0) is 17.8 Å². The molecule has 0 bridgehead atoms. The highest BCUT2D eigenvalue weighted by Gasteiger charge is 2.38. The molecule has 1 aromatic carbocycles. The van der Waals surface area contributed by atoms with Gasteiger partial charge in [-0.15, -0.1) is 0 Å². The molecule has 0 saturated heterocycles. The molecule has 0 unspecified atom stereocenters. The van der Waals surface area contributed by atoms with Gasteiger partial charge in [-0.2, -0.15) is 13.2 Å². The van der Waals surface area contributed by atoms with Crippen LogP contribution in [0.5, 0.6) is 0 Å². The van der Waals surface area contributed by atoms with Crippen molar-refractivity contribution in [2.45, 2.75) is 26.1 Å². The van der Waals surface area contributed by atoms with E-state index in [0.717, 1.165) is 47.8 Å². The summed E-state index contributed by atoms with van der Waals surface area (Å²) in [6.07, 6.45) is -4.25. The number of alkyl halides is 3. The first-order valence-electron chi connectivity index (χ1n) is 8.09. The minimum absolute atomic E-state index is 0.715. The summed E-state index contributed by atoms with van der Waals surface area (Å²) in [5, 5.41) is 11.7. The molecule has 2 aromatic heterocycles. The molecule has 0 amide bonds. The number of rotatable bonds is 5. The lowest BCUT2D eigenvalue weighted by atomic mass is 10.3. The molecule has 28 heavy (non-hydrogen) atoms. The van der Waals surface area contributed by atoms with E-state index in [0.29, 0.717) is 5.02 Å². The Labute approximate surface area is 163 Å². The van der Waals surface area contributed by atoms with Crippen LogP contribution in [0.25, 0.3) is 11.0 Å². The smallest absolute Gasteiger partial charge is 0.475 e. The Balaban J connectivity index is 0.000000345. The van der Waals surface area contributed by atoms with Crippen LogP contribution in [0.15, 0.2) is 28.8 Å². The average Bonchev–Trinajstić information content (AvgIpc) is 3.17. The first-order valence-corrected chi connectivity index (χ1v) is 8.47. The third-order valence-corrected chi connectivity index (χ3v) is 3.81. The third kappa shape index (κ3) is 6.54. The van der Waals surface area contributed by atoms with Gasteiger partial charge in [0.1, 0.15) is 11.6 Å². The number of benzene rings is 1. The van der Waals surface area contributed by atoms with Gasteiger partial charge in [-0.05, 0) is 32.2 Å². The molecule has 0 aliphatic rings. The molecule has 0 atom stereocenters. The van der Waals surface area contributed by atoms with Crippen LogP contribution >= 0.6 is 11.6 Å². The van der Waals surface area contributed by atoms with Gasteiger partial charge in [0.2, 0.25) is 0 Å². The molecule has 0 spiro atoms. The van der Waals surface area contributed by atoms with E-state index in [9.17, 15) is 13.2 Å². The number of imidazole rings is 1. The van der Waals surface area contributed by atoms with Gasteiger partial charge >= 0.3 is 12.1 Å². The first-order chi connectivity index (χ1) is 13.0. The Hall–Kier alpha value is -2.59. The summed E-state index contributed by atoms with van der Waals surface area (Å²) in [7, 11) is 2.06. The van der Waals surface area contributed by atoms with E-state index in [2.05, 4.69) is 27.1 Å². The maximum atomic E-state index is 10.6. The highest BCUT2D eigenvalue weighted by atomic mass is 35.5. The van der Waals surface area contributed by atoms with E-state index < -0.39 is 12.1 Å². The maximum absolute atomic E-state index is 10.6. The van der Waals surface area contributed by atoms with Crippen molar-refractivity contribution in [3.8, 4) is 0 Å². The van der Waals surface area contributed by atoms with E-state index >= 15 is 0 Å². The summed E-state index contributed by atoms with van der Waals surface area (Å²) in [5.41, 5.74) is 2.83. The molecule has 2 N–H and O–H groups in total. The second kappa shape index (κ2) is 9.07. The molecule has 152 valence electrons. The van der Waals surface area contributed by atoms with Crippen LogP contribution in [0.4, 0.5) is 13.2 Å². The highest BCUT2D eigenvalue weighted by Crippen LogP contribution is 2.17. The molecule has 11 heteroatoms. The summed E-state index contributed by atoms with van der Waals surface area (Å²) in [6.45, 7) is 3.56. The van der Waals surface area contributed by atoms with Crippen LogP contribution < -0.4 is 0 Å². The number of aromatic nitrogens is 3. The molecule has 0 aliphatic carbocycles. The Bertz CT molecular complexity index is 939. The normalized spacial score (nSPS) is 11.5. The molecule has 2 heterocycles. The van der Waals surface area contributed by atoms with Gasteiger partial charge < -0.3 is 14.6 Å². The molecule has 0 fully saturated rings. The summed E-state index contributed by atoms with van der Waals surface area (Å²) >= 11 is 5.98. The topological polar surface area (TPSA) is 95.3 Å². The minimum Gasteiger partial charge on any atom is -0.475 e. The van der Waals surface area contributed by atoms with Crippen molar-refractivity contribution in [2.24, 2.45) is 0 Å². The summed E-state index contributed by atoms with van der Waals surface area (Å²) in [6, 6.07) is 7.64. The predicted molar refractivity (Wildman–Crippen MR) is 96.1 cm³/mol. The molecular weight excluding hydrogens is 401 g/mol. The second-order valence-electron chi connectivity index (χ2n) is 6.07. The molecule has 0 saturated carbocycles. The standard InChI is InChI=1S/C15H17ClN4O.C2HF3O2/c1-10-7-12(21-19-10)5-6-20(2)9-15-17-13-4-3-11(16)8-14(13)18-15;3-2(4,5)1(6)7/h3-4,7-8H,5-6,9H2,1-2H3,(H,17,18);(H,6,7). The van der Waals surface area contributed by atoms with Gasteiger partial charge in [0.05, 0.1) is 23.3 Å². The molecule has 7 nitrogen and oxygen atoms in total. The quantitative estimate of drug-likeness (QED) is 0.654. The number of halogens is 4. The summed E-state index contributed by atoms with van der Waals surface area (Å²) in [5.74, 6) is -0.910. The molecule has 3 rings (SSSR count). The van der Waals surface area contributed by atoms with Gasteiger partial charge in [-0.1, -0.05) is 16.8 Å². The van der Waals surface area contributed by atoms with Crippen molar-refractivity contribution < 1.29 is 27.6 Å². The first kappa shape index (κ1) is 21.7. The lowest BCUT2D eigenvalue weighted by Gasteiger charge is -2.13. The van der Waals surface area contributed by atoms with Gasteiger partial charge in [-0.3, -0.25) is 4.90 Å². The lowest BCUT2D eigenvalue weighted by Crippen LogP contribution is -2.21. The second-order valence-corrected chi connectivity index (χ2v) is 6.51. The number of hydrogen-bond donors (Lipinski definition) is 2. The molecular formula is C17H18ClF3N4O3. The third-order valence-electron chi connectivity index (χ3n) is 3.57. The zero-order valence-electron chi connectivity index (χ0n) is 15.0. The number of aliphatic carboxylic acids is 1. The number of likely N-dealkylation sites (N-methyl/N-ethyl adjacent to an activating group) is 1. The number of fused-ring (bicyclic) bond motifs is 1. The number of carboxylic acid groups (broad SMARTS) is 1. The fraction of sp³-hybridized carbons (Fsp3) is 0.353. The number of nitrogens with zero attached hydrogens (tertiary/aromatic N) is 3. The zero-order valence-corrected chi connectivity index (χ0v) is 15.8. The zero-order chi connectivity index (χ0) is 20.9. The lowest BCUT2D eigenvalue weighted by molar-refractivity contribution is -0.192. The van der Waals surface area contributed by atoms with Crippen molar-refractivity contribution in [1.82, 2.24) is 20.0 Å². The van der Waals surface area contributed by atoms with Crippen LogP contribution in [-0.4, -0.2) is 50.9 Å². The van der Waals surface area contributed by atoms with Gasteiger partial charge in [0.25, 0.3) is 0 Å². The fourth-order valence-corrected chi connectivity index (χ4v) is 2.45. The molecule has 0 radical (unpaired) electrons. The Morgan fingerprint density at radius 1 is 1.36 bits per heavy atom. The maximum Gasteiger partial charge on any atom is 0.490 e. The largest absolute Gasteiger partial charge is 0.490 e. The van der Waals surface area contributed by atoms with E-state index in [1.54, 1.807) is 0 Å². The monoisotopic (exact) mass is 418 g/mol. The van der Waals surface area contributed by atoms with Crippen molar-refractivity contribution in [1.29, 1.82) is 0 Å². The van der Waals surface area contributed by atoms with Crippen LogP contribution in [0.3, 0.4) is 0 Å². The highest BCUT2D eigenvalue weighted by molar-refractivity contribution is 6.31. The van der Waals surface area contributed by atoms with E-state index in [-0.39, 0.29) is 0 Å². The average molecular weight is 419 g/mol. The summed E-state index contributed by atoms with van der Waals surface area (Å²) < 4.78 is 36.9. The van der Waals surface area contributed by atoms with E-state index in [1.165, 1.54) is 0 Å². The number of aromatic amines is 1. The Morgan fingerprint density at radius 3 is 2.61 bits per heavy atom. The van der Waals surface area contributed by atoms with Crippen LogP contribution in [0, 0.1) is 6.92 Å². The molecule has 3 aromatic rings. The number of carbonyl (C=O) groups is 1. The Morgan fingerprint density at radius 2 is 2.04 bits per heavy atom. The fourth-order valence-electron chi connectivity index (χ4n) is 2.28. The number of hydrogen-bond acceptors (Lipinski definition) is 5. The molecule has 0 aliphatic heterocycles. The van der Waals surface area contributed by atoms with Gasteiger partial charge in [-0.25, -0.2) is 9.78 Å². The summed E-state index contributed by atoms with van der Waals surface area (Å²) in [4.78, 5) is 18.9.